The van der Waals surface area contributed by atoms with E-state index in [4.69, 9.17) is 4.74 Å². The number of rotatable bonds is 7. The van der Waals surface area contributed by atoms with Gasteiger partial charge >= 0.3 is 5.97 Å². The van der Waals surface area contributed by atoms with Gasteiger partial charge in [0.25, 0.3) is 0 Å². The van der Waals surface area contributed by atoms with E-state index in [0.29, 0.717) is 19.1 Å². The zero-order valence-electron chi connectivity index (χ0n) is 13.2. The van der Waals surface area contributed by atoms with Gasteiger partial charge in [-0.2, -0.15) is 0 Å². The Morgan fingerprint density at radius 3 is 2.82 bits per heavy atom. The average Bonchev–Trinajstić information content (AvgIpc) is 2.51. The molecular weight excluding hydrogens is 283 g/mol. The first kappa shape index (κ1) is 16.9. The molecule has 122 valence electrons. The second-order valence-corrected chi connectivity index (χ2v) is 5.81. The molecule has 2 rings (SSSR count). The Kier molecular flexibility index (Phi) is 6.80. The number of nitrogens with zero attached hydrogens (tertiary/aromatic N) is 1. The van der Waals surface area contributed by atoms with Gasteiger partial charge in [-0.15, -0.1) is 0 Å². The third-order valence-electron chi connectivity index (χ3n) is 3.89. The number of halogens is 1. The van der Waals surface area contributed by atoms with Crippen LogP contribution >= 0.6 is 0 Å². The first-order valence-corrected chi connectivity index (χ1v) is 8.00. The Labute approximate surface area is 131 Å². The molecule has 22 heavy (non-hydrogen) atoms. The smallest absolute Gasteiger partial charge is 0.320 e. The summed E-state index contributed by atoms with van der Waals surface area (Å²) < 4.78 is 18.1. The Bertz CT molecular complexity index is 458. The predicted octanol–water partition coefficient (Wildman–Crippen LogP) is 2.19. The highest BCUT2D eigenvalue weighted by Gasteiger charge is 2.19. The summed E-state index contributed by atoms with van der Waals surface area (Å²) in [6.07, 6.45) is 2.35. The average molecular weight is 308 g/mol. The third kappa shape index (κ3) is 5.73. The lowest BCUT2D eigenvalue weighted by Crippen LogP contribution is -2.40. The van der Waals surface area contributed by atoms with Crippen LogP contribution in [-0.2, 0) is 16.1 Å². The van der Waals surface area contributed by atoms with Gasteiger partial charge in [-0.05, 0) is 56.5 Å². The molecule has 1 fully saturated rings. The summed E-state index contributed by atoms with van der Waals surface area (Å²) in [6, 6.07) is 6.46. The maximum atomic E-state index is 13.0. The highest BCUT2D eigenvalue weighted by atomic mass is 19.1. The second kappa shape index (κ2) is 8.86. The van der Waals surface area contributed by atoms with Crippen LogP contribution in [0.1, 0.15) is 25.3 Å². The van der Waals surface area contributed by atoms with Gasteiger partial charge in [0.1, 0.15) is 5.82 Å². The SMILES string of the molecule is CCOC(=O)CN(Cc1ccc(F)cc1)CC1CCCNC1. The first-order chi connectivity index (χ1) is 10.7. The van der Waals surface area contributed by atoms with Crippen molar-refractivity contribution in [3.05, 3.63) is 35.6 Å². The number of nitrogens with one attached hydrogen (secondary N) is 1. The Morgan fingerprint density at radius 2 is 2.18 bits per heavy atom. The molecular formula is C17H25FN2O2. The highest BCUT2D eigenvalue weighted by Crippen LogP contribution is 2.14. The van der Waals surface area contributed by atoms with Gasteiger partial charge in [-0.1, -0.05) is 12.1 Å². The molecule has 0 radical (unpaired) electrons. The largest absolute Gasteiger partial charge is 0.465 e. The quantitative estimate of drug-likeness (QED) is 0.784. The molecule has 0 saturated carbocycles. The number of piperidine rings is 1. The maximum absolute atomic E-state index is 13.0. The molecule has 0 aliphatic carbocycles. The maximum Gasteiger partial charge on any atom is 0.320 e. The van der Waals surface area contributed by atoms with Crippen LogP contribution in [0.25, 0.3) is 0 Å². The molecule has 0 bridgehead atoms. The number of hydrogen-bond acceptors (Lipinski definition) is 4. The molecule has 4 nitrogen and oxygen atoms in total. The van der Waals surface area contributed by atoms with E-state index in [1.807, 2.05) is 6.92 Å². The van der Waals surface area contributed by atoms with E-state index < -0.39 is 0 Å². The monoisotopic (exact) mass is 308 g/mol. The first-order valence-electron chi connectivity index (χ1n) is 8.00. The van der Waals surface area contributed by atoms with Crippen LogP contribution in [0, 0.1) is 11.7 Å². The van der Waals surface area contributed by atoms with E-state index in [1.165, 1.54) is 25.0 Å². The highest BCUT2D eigenvalue weighted by molar-refractivity contribution is 5.71. The fourth-order valence-electron chi connectivity index (χ4n) is 2.87. The van der Waals surface area contributed by atoms with Crippen molar-refractivity contribution in [1.29, 1.82) is 0 Å². The molecule has 0 aromatic heterocycles. The molecule has 1 atom stereocenters. The number of ether oxygens (including phenoxy) is 1. The Hall–Kier alpha value is -1.46. The molecule has 1 aliphatic rings. The summed E-state index contributed by atoms with van der Waals surface area (Å²) >= 11 is 0. The third-order valence-corrected chi connectivity index (χ3v) is 3.89. The van der Waals surface area contributed by atoms with Gasteiger partial charge in [-0.25, -0.2) is 4.39 Å². The van der Waals surface area contributed by atoms with E-state index in [-0.39, 0.29) is 18.3 Å². The van der Waals surface area contributed by atoms with Gasteiger partial charge in [0.15, 0.2) is 0 Å². The standard InChI is InChI=1S/C17H25FN2O2/c1-2-22-17(21)13-20(12-15-4-3-9-19-10-15)11-14-5-7-16(18)8-6-14/h5-8,15,19H,2-4,9-13H2,1H3. The molecule has 1 aromatic rings. The Balaban J connectivity index is 1.96. The van der Waals surface area contributed by atoms with Crippen molar-refractivity contribution in [1.82, 2.24) is 10.2 Å². The van der Waals surface area contributed by atoms with Crippen molar-refractivity contribution in [2.45, 2.75) is 26.3 Å². The van der Waals surface area contributed by atoms with E-state index in [1.54, 1.807) is 12.1 Å². The van der Waals surface area contributed by atoms with Gasteiger partial charge < -0.3 is 10.1 Å². The fourth-order valence-corrected chi connectivity index (χ4v) is 2.87. The van der Waals surface area contributed by atoms with Crippen molar-refractivity contribution < 1.29 is 13.9 Å². The van der Waals surface area contributed by atoms with Gasteiger partial charge in [0.05, 0.1) is 13.2 Å². The molecule has 1 aliphatic heterocycles. The van der Waals surface area contributed by atoms with Crippen LogP contribution in [-0.4, -0.2) is 43.7 Å². The second-order valence-electron chi connectivity index (χ2n) is 5.81. The normalized spacial score (nSPS) is 18.4. The van der Waals surface area contributed by atoms with Crippen LogP contribution in [0.2, 0.25) is 0 Å². The number of esters is 1. The zero-order chi connectivity index (χ0) is 15.8. The predicted molar refractivity (Wildman–Crippen MR) is 83.9 cm³/mol. The van der Waals surface area contributed by atoms with E-state index in [0.717, 1.165) is 25.2 Å². The van der Waals surface area contributed by atoms with E-state index in [2.05, 4.69) is 10.2 Å². The van der Waals surface area contributed by atoms with Gasteiger partial charge in [0.2, 0.25) is 0 Å². The fraction of sp³-hybridized carbons (Fsp3) is 0.588. The summed E-state index contributed by atoms with van der Waals surface area (Å²) in [5, 5.41) is 3.40. The summed E-state index contributed by atoms with van der Waals surface area (Å²) in [4.78, 5) is 13.9. The lowest BCUT2D eigenvalue weighted by molar-refractivity contribution is -0.144. The van der Waals surface area contributed by atoms with Crippen LogP contribution in [0.15, 0.2) is 24.3 Å². The number of benzene rings is 1. The zero-order valence-corrected chi connectivity index (χ0v) is 13.2. The topological polar surface area (TPSA) is 41.6 Å². The minimum Gasteiger partial charge on any atom is -0.465 e. The minimum atomic E-state index is -0.239. The van der Waals surface area contributed by atoms with Crippen molar-refractivity contribution in [3.63, 3.8) is 0 Å². The van der Waals surface area contributed by atoms with Gasteiger partial charge in [-0.3, -0.25) is 9.69 Å². The minimum absolute atomic E-state index is 0.201. The molecule has 1 aromatic carbocycles. The van der Waals surface area contributed by atoms with E-state index >= 15 is 0 Å². The molecule has 1 N–H and O–H groups in total. The van der Waals surface area contributed by atoms with Crippen LogP contribution in [0.5, 0.6) is 0 Å². The summed E-state index contributed by atoms with van der Waals surface area (Å²) in [6.45, 7) is 6.04. The molecule has 1 unspecified atom stereocenters. The van der Waals surface area contributed by atoms with E-state index in [9.17, 15) is 9.18 Å². The molecule has 5 heteroatoms. The number of hydrogen-bond donors (Lipinski definition) is 1. The Morgan fingerprint density at radius 1 is 1.41 bits per heavy atom. The lowest BCUT2D eigenvalue weighted by atomic mass is 9.99. The number of carbonyl (C=O) groups excluding carboxylic acids is 1. The molecule has 1 saturated heterocycles. The molecule has 0 spiro atoms. The van der Waals surface area contributed by atoms with Crippen molar-refractivity contribution in [2.75, 3.05) is 32.8 Å². The van der Waals surface area contributed by atoms with Crippen molar-refractivity contribution in [2.24, 2.45) is 5.92 Å². The van der Waals surface area contributed by atoms with Crippen LogP contribution < -0.4 is 5.32 Å². The van der Waals surface area contributed by atoms with Gasteiger partial charge in [0, 0.05) is 13.1 Å². The number of carbonyl (C=O) groups is 1. The molecule has 1 heterocycles. The summed E-state index contributed by atoms with van der Waals surface area (Å²) in [5.74, 6) is 0.106. The summed E-state index contributed by atoms with van der Waals surface area (Å²) in [5.41, 5.74) is 1.01. The van der Waals surface area contributed by atoms with Crippen molar-refractivity contribution in [3.8, 4) is 0 Å². The molecule has 0 amide bonds. The van der Waals surface area contributed by atoms with Crippen LogP contribution in [0.4, 0.5) is 4.39 Å². The summed E-state index contributed by atoms with van der Waals surface area (Å²) in [7, 11) is 0. The van der Waals surface area contributed by atoms with Crippen LogP contribution in [0.3, 0.4) is 0 Å². The van der Waals surface area contributed by atoms with Crippen molar-refractivity contribution >= 4 is 5.97 Å². The lowest BCUT2D eigenvalue weighted by Gasteiger charge is -2.29.